The minimum Gasteiger partial charge on any atom is -0.468 e. The third-order valence-electron chi connectivity index (χ3n) is 5.44. The van der Waals surface area contributed by atoms with Crippen LogP contribution in [0.2, 0.25) is 0 Å². The molecule has 2 unspecified atom stereocenters. The van der Waals surface area contributed by atoms with Crippen molar-refractivity contribution in [3.8, 4) is 5.95 Å². The van der Waals surface area contributed by atoms with E-state index in [0.29, 0.717) is 35.7 Å². The Kier molecular flexibility index (Phi) is 10.6. The number of aliphatic hydroxyl groups excluding tert-OH is 1. The van der Waals surface area contributed by atoms with Crippen molar-refractivity contribution in [2.24, 2.45) is 5.92 Å². The molecule has 1 aromatic rings. The first-order valence-electron chi connectivity index (χ1n) is 10.7. The van der Waals surface area contributed by atoms with Crippen LogP contribution in [0.4, 0.5) is 0 Å². The SMILES string of the molecule is C/C=C(\C)C(O)C(C)/C=C(C)/C=C/C/C(C)=C/Cc1oc(OC)c(CC)c(=O)c1C. The highest BCUT2D eigenvalue weighted by molar-refractivity contribution is 5.31. The molecule has 30 heavy (non-hydrogen) atoms. The lowest BCUT2D eigenvalue weighted by Crippen LogP contribution is -2.17. The van der Waals surface area contributed by atoms with Gasteiger partial charge in [-0.25, -0.2) is 0 Å². The molecular weight excluding hydrogens is 376 g/mol. The van der Waals surface area contributed by atoms with Crippen molar-refractivity contribution < 1.29 is 14.3 Å². The van der Waals surface area contributed by atoms with E-state index in [1.165, 1.54) is 12.7 Å². The van der Waals surface area contributed by atoms with Gasteiger partial charge in [0.15, 0.2) is 5.43 Å². The number of methoxy groups -OCH3 is 1. The van der Waals surface area contributed by atoms with Gasteiger partial charge in [0, 0.05) is 17.9 Å². The molecule has 4 nitrogen and oxygen atoms in total. The number of ether oxygens (including phenoxy) is 1. The normalized spacial score (nSPS) is 15.6. The Bertz CT molecular complexity index is 881. The molecule has 0 aliphatic heterocycles. The molecule has 1 rings (SSSR count). The van der Waals surface area contributed by atoms with Crippen molar-refractivity contribution in [1.29, 1.82) is 0 Å². The van der Waals surface area contributed by atoms with E-state index in [2.05, 4.69) is 31.2 Å². The van der Waals surface area contributed by atoms with E-state index in [1.54, 1.807) is 0 Å². The minimum absolute atomic E-state index is 0.00627. The minimum atomic E-state index is -0.450. The van der Waals surface area contributed by atoms with E-state index in [1.807, 2.05) is 47.6 Å². The molecule has 166 valence electrons. The van der Waals surface area contributed by atoms with Crippen molar-refractivity contribution in [3.63, 3.8) is 0 Å². The molecule has 0 fully saturated rings. The Morgan fingerprint density at radius 2 is 1.93 bits per heavy atom. The molecular formula is C26H38O4. The van der Waals surface area contributed by atoms with E-state index in [4.69, 9.17) is 9.15 Å². The molecule has 0 aliphatic rings. The Labute approximate surface area is 181 Å². The van der Waals surface area contributed by atoms with Crippen LogP contribution in [0.15, 0.2) is 56.3 Å². The highest BCUT2D eigenvalue weighted by Gasteiger charge is 2.15. The van der Waals surface area contributed by atoms with Crippen LogP contribution in [0.25, 0.3) is 0 Å². The van der Waals surface area contributed by atoms with E-state index >= 15 is 0 Å². The van der Waals surface area contributed by atoms with Gasteiger partial charge in [-0.2, -0.15) is 0 Å². The predicted octanol–water partition coefficient (Wildman–Crippen LogP) is 5.86. The summed E-state index contributed by atoms with van der Waals surface area (Å²) in [6.45, 7) is 13.8. The molecule has 0 saturated carbocycles. The van der Waals surface area contributed by atoms with Gasteiger partial charge in [-0.1, -0.05) is 55.4 Å². The summed E-state index contributed by atoms with van der Waals surface area (Å²) < 4.78 is 11.1. The Morgan fingerprint density at radius 3 is 2.50 bits per heavy atom. The fourth-order valence-electron chi connectivity index (χ4n) is 3.29. The van der Waals surface area contributed by atoms with Gasteiger partial charge in [-0.05, 0) is 53.0 Å². The highest BCUT2D eigenvalue weighted by atomic mass is 16.6. The molecule has 4 heteroatoms. The lowest BCUT2D eigenvalue weighted by atomic mass is 9.96. The van der Waals surface area contributed by atoms with Gasteiger partial charge in [0.1, 0.15) is 5.76 Å². The zero-order valence-corrected chi connectivity index (χ0v) is 19.8. The lowest BCUT2D eigenvalue weighted by Gasteiger charge is -2.16. The molecule has 0 amide bonds. The topological polar surface area (TPSA) is 59.7 Å². The second kappa shape index (κ2) is 12.4. The third-order valence-corrected chi connectivity index (χ3v) is 5.44. The standard InChI is InChI=1S/C26H38O4/c1-9-19(5)24(27)20(6)16-18(4)13-11-12-17(3)14-15-23-21(7)25(28)22(10-2)26(29-8)30-23/h9,11,13-14,16,20,24,27H,10,12,15H2,1-8H3/b13-11+,17-14+,18-16+,19-9+. The van der Waals surface area contributed by atoms with E-state index < -0.39 is 6.10 Å². The molecule has 0 bridgehead atoms. The summed E-state index contributed by atoms with van der Waals surface area (Å²) in [6.07, 6.45) is 11.8. The van der Waals surface area contributed by atoms with Crippen molar-refractivity contribution in [2.45, 2.75) is 73.8 Å². The quantitative estimate of drug-likeness (QED) is 0.384. The summed E-state index contributed by atoms with van der Waals surface area (Å²) in [7, 11) is 1.53. The summed E-state index contributed by atoms with van der Waals surface area (Å²) in [5, 5.41) is 10.3. The summed E-state index contributed by atoms with van der Waals surface area (Å²) in [5.74, 6) is 1.03. The van der Waals surface area contributed by atoms with E-state index in [9.17, 15) is 9.90 Å². The smallest absolute Gasteiger partial charge is 0.291 e. The Hall–Kier alpha value is -2.33. The zero-order valence-electron chi connectivity index (χ0n) is 19.8. The van der Waals surface area contributed by atoms with Crippen LogP contribution in [-0.2, 0) is 12.8 Å². The van der Waals surface area contributed by atoms with E-state index in [0.717, 1.165) is 17.6 Å². The van der Waals surface area contributed by atoms with Gasteiger partial charge in [0.05, 0.1) is 18.8 Å². The third kappa shape index (κ3) is 7.17. The number of hydrogen-bond donors (Lipinski definition) is 1. The maximum atomic E-state index is 12.5. The van der Waals surface area contributed by atoms with Crippen molar-refractivity contribution >= 4 is 0 Å². The number of aliphatic hydroxyl groups is 1. The van der Waals surface area contributed by atoms with Crippen molar-refractivity contribution in [3.05, 3.63) is 74.2 Å². The average molecular weight is 415 g/mol. The Morgan fingerprint density at radius 1 is 1.27 bits per heavy atom. The van der Waals surface area contributed by atoms with Gasteiger partial charge < -0.3 is 14.3 Å². The predicted molar refractivity (Wildman–Crippen MR) is 125 cm³/mol. The largest absolute Gasteiger partial charge is 0.468 e. The maximum absolute atomic E-state index is 12.5. The van der Waals surface area contributed by atoms with Gasteiger partial charge in [-0.3, -0.25) is 4.79 Å². The second-order valence-corrected chi connectivity index (χ2v) is 7.91. The summed E-state index contributed by atoms with van der Waals surface area (Å²) in [4.78, 5) is 12.5. The molecule has 0 aromatic carbocycles. The number of rotatable bonds is 10. The van der Waals surface area contributed by atoms with Gasteiger partial charge in [-0.15, -0.1) is 0 Å². The Balaban J connectivity index is 2.80. The van der Waals surface area contributed by atoms with Crippen LogP contribution in [0.3, 0.4) is 0 Å². The maximum Gasteiger partial charge on any atom is 0.291 e. The van der Waals surface area contributed by atoms with Gasteiger partial charge >= 0.3 is 0 Å². The molecule has 1 aromatic heterocycles. The number of allylic oxidation sites excluding steroid dienone is 6. The monoisotopic (exact) mass is 414 g/mol. The fraction of sp³-hybridized carbons (Fsp3) is 0.500. The zero-order chi connectivity index (χ0) is 22.8. The van der Waals surface area contributed by atoms with E-state index in [-0.39, 0.29) is 11.3 Å². The first-order chi connectivity index (χ1) is 14.2. The average Bonchev–Trinajstić information content (AvgIpc) is 2.73. The molecule has 0 aliphatic carbocycles. The van der Waals surface area contributed by atoms with Gasteiger partial charge in [0.2, 0.25) is 0 Å². The molecule has 0 radical (unpaired) electrons. The summed E-state index contributed by atoms with van der Waals surface area (Å²) in [6, 6.07) is 0. The molecule has 1 heterocycles. The first kappa shape index (κ1) is 25.7. The lowest BCUT2D eigenvalue weighted by molar-refractivity contribution is 0.173. The molecule has 0 saturated heterocycles. The van der Waals surface area contributed by atoms with Crippen LogP contribution in [0.5, 0.6) is 5.95 Å². The van der Waals surface area contributed by atoms with Crippen molar-refractivity contribution in [1.82, 2.24) is 0 Å². The highest BCUT2D eigenvalue weighted by Crippen LogP contribution is 2.21. The molecule has 0 spiro atoms. The van der Waals surface area contributed by atoms with Gasteiger partial charge in [0.25, 0.3) is 5.95 Å². The summed E-state index contributed by atoms with van der Waals surface area (Å²) in [5.41, 5.74) is 4.55. The fourth-order valence-corrected chi connectivity index (χ4v) is 3.29. The van der Waals surface area contributed by atoms with Crippen LogP contribution in [-0.4, -0.2) is 18.3 Å². The molecule has 2 atom stereocenters. The second-order valence-electron chi connectivity index (χ2n) is 7.91. The summed E-state index contributed by atoms with van der Waals surface area (Å²) >= 11 is 0. The van der Waals surface area contributed by atoms with Crippen LogP contribution in [0.1, 0.15) is 64.9 Å². The van der Waals surface area contributed by atoms with Crippen LogP contribution < -0.4 is 10.2 Å². The van der Waals surface area contributed by atoms with Crippen molar-refractivity contribution in [2.75, 3.05) is 7.11 Å². The first-order valence-corrected chi connectivity index (χ1v) is 10.7. The van der Waals surface area contributed by atoms with Crippen LogP contribution in [0, 0.1) is 12.8 Å². The molecule has 1 N–H and O–H groups in total. The number of hydrogen-bond acceptors (Lipinski definition) is 4. The van der Waals surface area contributed by atoms with Crippen LogP contribution >= 0.6 is 0 Å².